The van der Waals surface area contributed by atoms with Crippen LogP contribution in [0, 0.1) is 17.0 Å². The van der Waals surface area contributed by atoms with E-state index in [0.29, 0.717) is 5.56 Å². The van der Waals surface area contributed by atoms with Crippen molar-refractivity contribution in [3.63, 3.8) is 0 Å². The number of hydrogen-bond acceptors (Lipinski definition) is 6. The molecule has 1 amide bonds. The van der Waals surface area contributed by atoms with Crippen molar-refractivity contribution in [3.05, 3.63) is 69.8 Å². The van der Waals surface area contributed by atoms with Crippen LogP contribution >= 0.6 is 0 Å². The van der Waals surface area contributed by atoms with E-state index in [1.54, 1.807) is 6.92 Å². The van der Waals surface area contributed by atoms with E-state index in [4.69, 9.17) is 0 Å². The molecule has 0 aliphatic carbocycles. The molecule has 9 nitrogen and oxygen atoms in total. The Bertz CT molecular complexity index is 1240. The first-order valence-electron chi connectivity index (χ1n) is 7.87. The van der Waals surface area contributed by atoms with Gasteiger partial charge in [0.1, 0.15) is 11.3 Å². The quantitative estimate of drug-likeness (QED) is 0.263. The van der Waals surface area contributed by atoms with Crippen molar-refractivity contribution in [1.29, 1.82) is 0 Å². The minimum atomic E-state index is -4.51. The first-order valence-corrected chi connectivity index (χ1v) is 9.31. The molecule has 144 valence electrons. The summed E-state index contributed by atoms with van der Waals surface area (Å²) in [7, 11) is -4.51. The molecule has 0 aliphatic rings. The van der Waals surface area contributed by atoms with Gasteiger partial charge in [-0.3, -0.25) is 19.5 Å². The number of aryl methyl sites for hydroxylation is 1. The highest BCUT2D eigenvalue weighted by atomic mass is 32.2. The smallest absolute Gasteiger partial charge is 0.294 e. The third-order valence-electron chi connectivity index (χ3n) is 4.10. The van der Waals surface area contributed by atoms with E-state index in [1.165, 1.54) is 36.4 Å². The van der Waals surface area contributed by atoms with Crippen molar-refractivity contribution in [2.45, 2.75) is 11.8 Å². The van der Waals surface area contributed by atoms with Gasteiger partial charge in [-0.15, -0.1) is 0 Å². The van der Waals surface area contributed by atoms with Crippen LogP contribution < -0.4 is 5.32 Å². The van der Waals surface area contributed by atoms with E-state index < -0.39 is 25.8 Å². The van der Waals surface area contributed by atoms with Crippen molar-refractivity contribution >= 4 is 38.2 Å². The fourth-order valence-corrected chi connectivity index (χ4v) is 3.27. The molecular formula is C18H14N2O7S. The lowest BCUT2D eigenvalue weighted by molar-refractivity contribution is -0.385. The average molecular weight is 402 g/mol. The number of aromatic hydroxyl groups is 1. The van der Waals surface area contributed by atoms with E-state index in [9.17, 15) is 33.0 Å². The number of nitro groups is 1. The molecule has 0 fully saturated rings. The Morgan fingerprint density at radius 2 is 1.79 bits per heavy atom. The zero-order valence-corrected chi connectivity index (χ0v) is 15.2. The predicted molar refractivity (Wildman–Crippen MR) is 101 cm³/mol. The number of anilines is 1. The second kappa shape index (κ2) is 6.91. The maximum Gasteiger partial charge on any atom is 0.294 e. The normalized spacial score (nSPS) is 11.4. The number of benzene rings is 3. The van der Waals surface area contributed by atoms with Gasteiger partial charge in [-0.25, -0.2) is 0 Å². The van der Waals surface area contributed by atoms with Gasteiger partial charge in [-0.05, 0) is 48.9 Å². The summed E-state index contributed by atoms with van der Waals surface area (Å²) in [5, 5.41) is 24.0. The van der Waals surface area contributed by atoms with Gasteiger partial charge < -0.3 is 10.4 Å². The van der Waals surface area contributed by atoms with Crippen molar-refractivity contribution in [3.8, 4) is 5.75 Å². The molecule has 0 heterocycles. The summed E-state index contributed by atoms with van der Waals surface area (Å²) in [5.41, 5.74) is 0.195. The molecule has 3 N–H and O–H groups in total. The predicted octanol–water partition coefficient (Wildman–Crippen LogP) is 3.26. The van der Waals surface area contributed by atoms with Crippen LogP contribution in [0.2, 0.25) is 0 Å². The van der Waals surface area contributed by atoms with E-state index >= 15 is 0 Å². The molecule has 3 rings (SSSR count). The van der Waals surface area contributed by atoms with Crippen LogP contribution in [0.4, 0.5) is 11.4 Å². The van der Waals surface area contributed by atoms with Crippen LogP contribution in [0.5, 0.6) is 5.75 Å². The number of carbonyl (C=O) groups is 1. The van der Waals surface area contributed by atoms with Crippen molar-refractivity contribution < 1.29 is 27.8 Å². The fraction of sp³-hybridized carbons (Fsp3) is 0.0556. The molecule has 0 atom stereocenters. The Balaban J connectivity index is 2.13. The van der Waals surface area contributed by atoms with Gasteiger partial charge in [0.25, 0.3) is 21.7 Å². The number of phenols is 1. The average Bonchev–Trinajstić information content (AvgIpc) is 2.62. The minimum Gasteiger partial charge on any atom is -0.507 e. The zero-order valence-electron chi connectivity index (χ0n) is 14.4. The first-order chi connectivity index (χ1) is 13.1. The van der Waals surface area contributed by atoms with Crippen LogP contribution in [0.15, 0.2) is 53.4 Å². The maximum absolute atomic E-state index is 12.7. The molecule has 0 saturated heterocycles. The van der Waals surface area contributed by atoms with Gasteiger partial charge in [-0.1, -0.05) is 6.07 Å². The van der Waals surface area contributed by atoms with Crippen LogP contribution in [-0.4, -0.2) is 28.9 Å². The minimum absolute atomic E-state index is 0.110. The zero-order chi connectivity index (χ0) is 20.6. The highest BCUT2D eigenvalue weighted by Crippen LogP contribution is 2.33. The molecule has 0 spiro atoms. The summed E-state index contributed by atoms with van der Waals surface area (Å²) in [6, 6.07) is 10.2. The molecule has 3 aromatic rings. The fourth-order valence-electron chi connectivity index (χ4n) is 2.76. The van der Waals surface area contributed by atoms with Gasteiger partial charge in [0.15, 0.2) is 0 Å². The Morgan fingerprint density at radius 3 is 2.43 bits per heavy atom. The van der Waals surface area contributed by atoms with Crippen LogP contribution in [0.3, 0.4) is 0 Å². The Hall–Kier alpha value is -3.50. The maximum atomic E-state index is 12.7. The standard InChI is InChI=1S/C18H14N2O7S/c1-10-2-6-16(20(23)24)14(8-10)18(22)19-15-5-7-17(21)12-4-3-11(9-13(12)15)28(25,26)27/h2-9,21H,1H3,(H,19,22)(H,25,26,27). The molecule has 0 unspecified atom stereocenters. The summed E-state index contributed by atoms with van der Waals surface area (Å²) in [5.74, 6) is -0.948. The van der Waals surface area contributed by atoms with E-state index in [2.05, 4.69) is 5.32 Å². The van der Waals surface area contributed by atoms with Gasteiger partial charge in [0.2, 0.25) is 0 Å². The molecule has 0 saturated carbocycles. The van der Waals surface area contributed by atoms with Crippen molar-refractivity contribution in [2.75, 3.05) is 5.32 Å². The Labute approximate surface area is 159 Å². The number of phenolic OH excluding ortho intramolecular Hbond substituents is 1. The number of fused-ring (bicyclic) bond motifs is 1. The summed E-state index contributed by atoms with van der Waals surface area (Å²) >= 11 is 0. The molecule has 0 radical (unpaired) electrons. The number of nitrogens with zero attached hydrogens (tertiary/aromatic N) is 1. The largest absolute Gasteiger partial charge is 0.507 e. The van der Waals surface area contributed by atoms with Crippen molar-refractivity contribution in [2.24, 2.45) is 0 Å². The lowest BCUT2D eigenvalue weighted by atomic mass is 10.1. The topological polar surface area (TPSA) is 147 Å². The SMILES string of the molecule is Cc1ccc([N+](=O)[O-])c(C(=O)Nc2ccc(O)c3ccc(S(=O)(=O)O)cc23)c1. The molecule has 28 heavy (non-hydrogen) atoms. The number of amides is 1. The molecule has 0 aliphatic heterocycles. The van der Waals surface area contributed by atoms with Gasteiger partial charge >= 0.3 is 0 Å². The second-order valence-corrected chi connectivity index (χ2v) is 7.47. The van der Waals surface area contributed by atoms with E-state index in [0.717, 1.165) is 12.1 Å². The van der Waals surface area contributed by atoms with Crippen molar-refractivity contribution in [1.82, 2.24) is 0 Å². The lowest BCUT2D eigenvalue weighted by Gasteiger charge is -2.11. The summed E-state index contributed by atoms with van der Waals surface area (Å²) < 4.78 is 32.1. The monoisotopic (exact) mass is 402 g/mol. The number of nitrogens with one attached hydrogen (secondary N) is 1. The molecule has 0 aromatic heterocycles. The molecular weight excluding hydrogens is 388 g/mol. The Morgan fingerprint density at radius 1 is 1.07 bits per heavy atom. The summed E-state index contributed by atoms with van der Waals surface area (Å²) in [6.45, 7) is 1.68. The van der Waals surface area contributed by atoms with Crippen LogP contribution in [0.1, 0.15) is 15.9 Å². The lowest BCUT2D eigenvalue weighted by Crippen LogP contribution is -2.14. The number of hydrogen-bond donors (Lipinski definition) is 3. The summed E-state index contributed by atoms with van der Waals surface area (Å²) in [4.78, 5) is 22.7. The molecule has 0 bridgehead atoms. The first kappa shape index (κ1) is 19.3. The van der Waals surface area contributed by atoms with Crippen LogP contribution in [-0.2, 0) is 10.1 Å². The third-order valence-corrected chi connectivity index (χ3v) is 4.95. The number of nitro benzene ring substituents is 1. The van der Waals surface area contributed by atoms with Crippen LogP contribution in [0.25, 0.3) is 10.8 Å². The second-order valence-electron chi connectivity index (χ2n) is 6.05. The number of carbonyl (C=O) groups excluding carboxylic acids is 1. The van der Waals surface area contributed by atoms with E-state index in [1.807, 2.05) is 0 Å². The highest BCUT2D eigenvalue weighted by molar-refractivity contribution is 7.85. The van der Waals surface area contributed by atoms with Gasteiger partial charge in [0, 0.05) is 22.5 Å². The highest BCUT2D eigenvalue weighted by Gasteiger charge is 2.21. The van der Waals surface area contributed by atoms with Gasteiger partial charge in [-0.2, -0.15) is 8.42 Å². The Kier molecular flexibility index (Phi) is 4.75. The van der Waals surface area contributed by atoms with Gasteiger partial charge in [0.05, 0.1) is 9.82 Å². The molecule has 3 aromatic carbocycles. The summed E-state index contributed by atoms with van der Waals surface area (Å²) in [6.07, 6.45) is 0. The third kappa shape index (κ3) is 3.63. The van der Waals surface area contributed by atoms with E-state index in [-0.39, 0.29) is 33.5 Å². The number of rotatable bonds is 4. The molecule has 10 heteroatoms.